The maximum Gasteiger partial charge on any atom is 0.305 e. The Labute approximate surface area is 146 Å². The third kappa shape index (κ3) is 3.28. The van der Waals surface area contributed by atoms with Crippen LogP contribution >= 0.6 is 11.6 Å². The molecule has 1 aromatic rings. The summed E-state index contributed by atoms with van der Waals surface area (Å²) in [6.07, 6.45) is 2.81. The number of benzene rings is 1. The fourth-order valence-corrected chi connectivity index (χ4v) is 4.11. The number of carboxylic acid groups (broad SMARTS) is 1. The van der Waals surface area contributed by atoms with Crippen molar-refractivity contribution in [2.24, 2.45) is 0 Å². The van der Waals surface area contributed by atoms with Crippen molar-refractivity contribution in [1.82, 2.24) is 4.90 Å². The van der Waals surface area contributed by atoms with Gasteiger partial charge in [-0.1, -0.05) is 23.7 Å². The van der Waals surface area contributed by atoms with E-state index >= 15 is 0 Å². The molecule has 130 valence electrons. The molecular formula is C18H22ClNO4. The monoisotopic (exact) mass is 351 g/mol. The zero-order valence-corrected chi connectivity index (χ0v) is 14.3. The number of carbonyl (C=O) groups is 2. The van der Waals surface area contributed by atoms with Gasteiger partial charge in [0, 0.05) is 30.8 Å². The Kier molecular flexibility index (Phi) is 5.11. The topological polar surface area (TPSA) is 66.8 Å². The van der Waals surface area contributed by atoms with Crippen molar-refractivity contribution in [2.75, 3.05) is 19.8 Å². The van der Waals surface area contributed by atoms with Crippen LogP contribution in [0.2, 0.25) is 5.02 Å². The summed E-state index contributed by atoms with van der Waals surface area (Å²) < 4.78 is 5.48. The van der Waals surface area contributed by atoms with E-state index in [4.69, 9.17) is 21.4 Å². The number of amides is 1. The maximum absolute atomic E-state index is 13.5. The van der Waals surface area contributed by atoms with Crippen LogP contribution in [-0.2, 0) is 19.7 Å². The van der Waals surface area contributed by atoms with Gasteiger partial charge in [-0.15, -0.1) is 0 Å². The molecule has 2 fully saturated rings. The Bertz CT molecular complexity index is 627. The van der Waals surface area contributed by atoms with Gasteiger partial charge in [-0.25, -0.2) is 0 Å². The summed E-state index contributed by atoms with van der Waals surface area (Å²) in [5.41, 5.74) is 0.244. The van der Waals surface area contributed by atoms with Crippen LogP contribution in [0.4, 0.5) is 0 Å². The van der Waals surface area contributed by atoms with Gasteiger partial charge >= 0.3 is 5.97 Å². The lowest BCUT2D eigenvalue weighted by atomic mass is 9.73. The highest BCUT2D eigenvalue weighted by Crippen LogP contribution is 2.39. The molecule has 1 atom stereocenters. The molecule has 24 heavy (non-hydrogen) atoms. The molecule has 1 amide bonds. The number of ether oxygens (including phenoxy) is 1. The van der Waals surface area contributed by atoms with E-state index in [0.717, 1.165) is 18.4 Å². The van der Waals surface area contributed by atoms with Crippen LogP contribution in [0.3, 0.4) is 0 Å². The van der Waals surface area contributed by atoms with Crippen molar-refractivity contribution in [3.8, 4) is 0 Å². The summed E-state index contributed by atoms with van der Waals surface area (Å²) in [4.78, 5) is 26.4. The standard InChI is InChI=1S/C18H22ClNO4/c19-14-4-1-3-13(11-14)18(6-9-24-10-7-18)17(23)20-8-2-5-15(20)12-16(21)22/h1,3-4,11,15H,2,5-10,12H2,(H,21,22). The summed E-state index contributed by atoms with van der Waals surface area (Å²) in [6, 6.07) is 7.24. The first-order valence-corrected chi connectivity index (χ1v) is 8.77. The second-order valence-corrected chi connectivity index (χ2v) is 7.03. The van der Waals surface area contributed by atoms with E-state index in [9.17, 15) is 9.59 Å². The predicted octanol–water partition coefficient (Wildman–Crippen LogP) is 2.85. The molecule has 2 aliphatic rings. The van der Waals surface area contributed by atoms with Gasteiger partial charge in [0.05, 0.1) is 11.8 Å². The third-order valence-corrected chi connectivity index (χ3v) is 5.42. The first-order chi connectivity index (χ1) is 11.5. The van der Waals surface area contributed by atoms with Gasteiger partial charge < -0.3 is 14.7 Å². The quantitative estimate of drug-likeness (QED) is 0.905. The lowest BCUT2D eigenvalue weighted by Gasteiger charge is -2.40. The van der Waals surface area contributed by atoms with Gasteiger partial charge in [0.1, 0.15) is 0 Å². The lowest BCUT2D eigenvalue weighted by molar-refractivity contribution is -0.144. The normalized spacial score (nSPS) is 23.2. The Hall–Kier alpha value is -1.59. The minimum absolute atomic E-state index is 0.00780. The molecule has 2 heterocycles. The molecule has 6 heteroatoms. The molecule has 0 aliphatic carbocycles. The molecule has 0 bridgehead atoms. The summed E-state index contributed by atoms with van der Waals surface area (Å²) in [5.74, 6) is -0.833. The van der Waals surface area contributed by atoms with E-state index < -0.39 is 11.4 Å². The molecule has 2 aliphatic heterocycles. The van der Waals surface area contributed by atoms with E-state index in [2.05, 4.69) is 0 Å². The highest BCUT2D eigenvalue weighted by Gasteiger charge is 2.46. The van der Waals surface area contributed by atoms with E-state index in [1.54, 1.807) is 11.0 Å². The van der Waals surface area contributed by atoms with E-state index in [-0.39, 0.29) is 18.4 Å². The highest BCUT2D eigenvalue weighted by atomic mass is 35.5. The number of aliphatic carboxylic acids is 1. The smallest absolute Gasteiger partial charge is 0.305 e. The number of nitrogens with zero attached hydrogens (tertiary/aromatic N) is 1. The molecule has 2 saturated heterocycles. The van der Waals surface area contributed by atoms with Gasteiger partial charge in [0.2, 0.25) is 5.91 Å². The van der Waals surface area contributed by atoms with Gasteiger partial charge in [-0.05, 0) is 43.4 Å². The average molecular weight is 352 g/mol. The molecule has 0 radical (unpaired) electrons. The number of carboxylic acids is 1. The molecule has 0 aromatic heterocycles. The number of rotatable bonds is 4. The Morgan fingerprint density at radius 3 is 2.75 bits per heavy atom. The Balaban J connectivity index is 1.93. The zero-order chi connectivity index (χ0) is 17.2. The van der Waals surface area contributed by atoms with Gasteiger partial charge in [-0.2, -0.15) is 0 Å². The van der Waals surface area contributed by atoms with E-state index in [1.807, 2.05) is 18.2 Å². The number of likely N-dealkylation sites (tertiary alicyclic amines) is 1. The molecule has 0 saturated carbocycles. The summed E-state index contributed by atoms with van der Waals surface area (Å²) in [7, 11) is 0. The maximum atomic E-state index is 13.5. The van der Waals surface area contributed by atoms with Gasteiger partial charge in [-0.3, -0.25) is 9.59 Å². The van der Waals surface area contributed by atoms with Crippen molar-refractivity contribution in [1.29, 1.82) is 0 Å². The van der Waals surface area contributed by atoms with Crippen molar-refractivity contribution in [3.05, 3.63) is 34.9 Å². The van der Waals surface area contributed by atoms with Crippen LogP contribution in [-0.4, -0.2) is 47.7 Å². The second kappa shape index (κ2) is 7.11. The number of hydrogen-bond donors (Lipinski definition) is 1. The van der Waals surface area contributed by atoms with E-state index in [1.165, 1.54) is 0 Å². The lowest BCUT2D eigenvalue weighted by Crippen LogP contribution is -2.51. The molecule has 3 rings (SSSR count). The Morgan fingerprint density at radius 1 is 1.33 bits per heavy atom. The summed E-state index contributed by atoms with van der Waals surface area (Å²) >= 11 is 6.15. The molecule has 1 aromatic carbocycles. The predicted molar refractivity (Wildman–Crippen MR) is 90.2 cm³/mol. The van der Waals surface area contributed by atoms with Crippen LogP contribution < -0.4 is 0 Å². The third-order valence-electron chi connectivity index (χ3n) is 5.18. The van der Waals surface area contributed by atoms with Gasteiger partial charge in [0.25, 0.3) is 0 Å². The highest BCUT2D eigenvalue weighted by molar-refractivity contribution is 6.30. The van der Waals surface area contributed by atoms with Crippen LogP contribution in [0.15, 0.2) is 24.3 Å². The fourth-order valence-electron chi connectivity index (χ4n) is 3.92. The van der Waals surface area contributed by atoms with Gasteiger partial charge in [0.15, 0.2) is 0 Å². The number of carbonyl (C=O) groups excluding carboxylic acids is 1. The summed E-state index contributed by atoms with van der Waals surface area (Å²) in [6.45, 7) is 1.67. The molecule has 5 nitrogen and oxygen atoms in total. The van der Waals surface area contributed by atoms with E-state index in [0.29, 0.717) is 37.6 Å². The van der Waals surface area contributed by atoms with Crippen molar-refractivity contribution >= 4 is 23.5 Å². The van der Waals surface area contributed by atoms with Crippen molar-refractivity contribution in [2.45, 2.75) is 43.6 Å². The minimum Gasteiger partial charge on any atom is -0.481 e. The first kappa shape index (κ1) is 17.2. The van der Waals surface area contributed by atoms with Crippen LogP contribution in [0, 0.1) is 0 Å². The fraction of sp³-hybridized carbons (Fsp3) is 0.556. The van der Waals surface area contributed by atoms with Crippen molar-refractivity contribution in [3.63, 3.8) is 0 Å². The van der Waals surface area contributed by atoms with Crippen LogP contribution in [0.5, 0.6) is 0 Å². The SMILES string of the molecule is O=C(O)CC1CCCN1C(=O)C1(c2cccc(Cl)c2)CCOCC1. The number of halogens is 1. The largest absolute Gasteiger partial charge is 0.481 e. The van der Waals surface area contributed by atoms with Crippen LogP contribution in [0.25, 0.3) is 0 Å². The average Bonchev–Trinajstić information content (AvgIpc) is 3.02. The molecule has 1 N–H and O–H groups in total. The molecule has 0 spiro atoms. The molecular weight excluding hydrogens is 330 g/mol. The second-order valence-electron chi connectivity index (χ2n) is 6.60. The first-order valence-electron chi connectivity index (χ1n) is 8.39. The summed E-state index contributed by atoms with van der Waals surface area (Å²) in [5, 5.41) is 9.73. The van der Waals surface area contributed by atoms with Crippen LogP contribution in [0.1, 0.15) is 37.7 Å². The number of hydrogen-bond acceptors (Lipinski definition) is 3. The zero-order valence-electron chi connectivity index (χ0n) is 13.5. The Morgan fingerprint density at radius 2 is 2.08 bits per heavy atom. The van der Waals surface area contributed by atoms with Crippen molar-refractivity contribution < 1.29 is 19.4 Å². The minimum atomic E-state index is -0.858. The molecule has 1 unspecified atom stereocenters.